The van der Waals surface area contributed by atoms with Crippen LogP contribution in [-0.4, -0.2) is 53.4 Å². The van der Waals surface area contributed by atoms with E-state index in [2.05, 4.69) is 54.2 Å². The van der Waals surface area contributed by atoms with E-state index in [4.69, 9.17) is 0 Å². The van der Waals surface area contributed by atoms with Crippen LogP contribution in [0.1, 0.15) is 35.3 Å². The van der Waals surface area contributed by atoms with Crippen LogP contribution in [0.3, 0.4) is 0 Å². The van der Waals surface area contributed by atoms with E-state index in [1.807, 2.05) is 11.0 Å². The maximum absolute atomic E-state index is 12.8. The summed E-state index contributed by atoms with van der Waals surface area (Å²) < 4.78 is 0. The van der Waals surface area contributed by atoms with Crippen molar-refractivity contribution in [1.29, 1.82) is 0 Å². The summed E-state index contributed by atoms with van der Waals surface area (Å²) in [5.41, 5.74) is 4.21. The average Bonchev–Trinajstić information content (AvgIpc) is 2.69. The highest BCUT2D eigenvalue weighted by Crippen LogP contribution is 2.25. The van der Waals surface area contributed by atoms with Crippen LogP contribution in [-0.2, 0) is 6.42 Å². The van der Waals surface area contributed by atoms with Gasteiger partial charge in [0.2, 0.25) is 0 Å². The van der Waals surface area contributed by atoms with E-state index < -0.39 is 0 Å². The van der Waals surface area contributed by atoms with Crippen molar-refractivity contribution in [2.75, 3.05) is 38.0 Å². The van der Waals surface area contributed by atoms with Crippen molar-refractivity contribution in [2.24, 2.45) is 0 Å². The number of nitrogens with one attached hydrogen (secondary N) is 1. The summed E-state index contributed by atoms with van der Waals surface area (Å²) in [5.74, 6) is 0.804. The molecular formula is C21H28N4O. The Morgan fingerprint density at radius 1 is 1.15 bits per heavy atom. The smallest absolute Gasteiger partial charge is 0.254 e. The molecule has 5 heteroatoms. The molecule has 1 aliphatic rings. The van der Waals surface area contributed by atoms with Gasteiger partial charge in [0.05, 0.1) is 0 Å². The first-order chi connectivity index (χ1) is 12.6. The van der Waals surface area contributed by atoms with E-state index in [0.717, 1.165) is 44.8 Å². The standard InChI is InChI=1S/C21H28N4O/c1-4-17-8-6-7-16(3)20(17)23-19-15-18(9-10-22-19)21(26)25-13-11-24(5-2)12-14-25/h6-10,15H,4-5,11-14H2,1-3H3,(H,22,23). The molecule has 0 radical (unpaired) electrons. The van der Waals surface area contributed by atoms with Crippen molar-refractivity contribution in [3.8, 4) is 0 Å². The Morgan fingerprint density at radius 2 is 1.92 bits per heavy atom. The largest absolute Gasteiger partial charge is 0.340 e. The normalized spacial score (nSPS) is 15.1. The fraction of sp³-hybridized carbons (Fsp3) is 0.429. The zero-order valence-corrected chi connectivity index (χ0v) is 16.0. The molecule has 0 unspecified atom stereocenters. The minimum atomic E-state index is 0.0895. The van der Waals surface area contributed by atoms with E-state index in [0.29, 0.717) is 11.4 Å². The molecule has 26 heavy (non-hydrogen) atoms. The molecule has 2 heterocycles. The number of aryl methyl sites for hydroxylation is 2. The minimum absolute atomic E-state index is 0.0895. The quantitative estimate of drug-likeness (QED) is 0.895. The Kier molecular flexibility index (Phi) is 5.89. The van der Waals surface area contributed by atoms with Gasteiger partial charge >= 0.3 is 0 Å². The summed E-state index contributed by atoms with van der Waals surface area (Å²) in [6, 6.07) is 9.95. The lowest BCUT2D eigenvalue weighted by molar-refractivity contribution is 0.0643. The van der Waals surface area contributed by atoms with Crippen molar-refractivity contribution in [1.82, 2.24) is 14.8 Å². The van der Waals surface area contributed by atoms with E-state index >= 15 is 0 Å². The van der Waals surface area contributed by atoms with Crippen LogP contribution < -0.4 is 5.32 Å². The molecule has 1 aliphatic heterocycles. The molecule has 1 aromatic heterocycles. The van der Waals surface area contributed by atoms with Gasteiger partial charge in [0.25, 0.3) is 5.91 Å². The summed E-state index contributed by atoms with van der Waals surface area (Å²) in [5, 5.41) is 3.42. The van der Waals surface area contributed by atoms with Crippen LogP contribution in [0.4, 0.5) is 11.5 Å². The molecule has 1 fully saturated rings. The van der Waals surface area contributed by atoms with Crippen molar-refractivity contribution in [3.63, 3.8) is 0 Å². The first kappa shape index (κ1) is 18.4. The lowest BCUT2D eigenvalue weighted by atomic mass is 10.1. The highest BCUT2D eigenvalue weighted by molar-refractivity contribution is 5.95. The average molecular weight is 352 g/mol. The second-order valence-electron chi connectivity index (χ2n) is 6.74. The number of carbonyl (C=O) groups is 1. The maximum Gasteiger partial charge on any atom is 0.254 e. The van der Waals surface area contributed by atoms with Crippen LogP contribution in [0.25, 0.3) is 0 Å². The molecule has 0 atom stereocenters. The molecule has 3 rings (SSSR count). The molecule has 1 amide bonds. The Bertz CT molecular complexity index is 766. The molecular weight excluding hydrogens is 324 g/mol. The summed E-state index contributed by atoms with van der Waals surface area (Å²) in [6.45, 7) is 10.9. The number of hydrogen-bond acceptors (Lipinski definition) is 4. The number of aromatic nitrogens is 1. The molecule has 2 aromatic rings. The highest BCUT2D eigenvalue weighted by atomic mass is 16.2. The summed E-state index contributed by atoms with van der Waals surface area (Å²) >= 11 is 0. The predicted molar refractivity (Wildman–Crippen MR) is 106 cm³/mol. The zero-order valence-electron chi connectivity index (χ0n) is 16.0. The Balaban J connectivity index is 1.76. The first-order valence-corrected chi connectivity index (χ1v) is 9.45. The van der Waals surface area contributed by atoms with Gasteiger partial charge in [0, 0.05) is 43.6 Å². The molecule has 0 saturated carbocycles. The van der Waals surface area contributed by atoms with Gasteiger partial charge in [-0.05, 0) is 43.1 Å². The minimum Gasteiger partial charge on any atom is -0.340 e. The van der Waals surface area contributed by atoms with Crippen LogP contribution in [0, 0.1) is 6.92 Å². The molecule has 1 N–H and O–H groups in total. The number of pyridine rings is 1. The van der Waals surface area contributed by atoms with E-state index in [1.165, 1.54) is 11.1 Å². The molecule has 5 nitrogen and oxygen atoms in total. The number of anilines is 2. The van der Waals surface area contributed by atoms with Gasteiger partial charge in [-0.25, -0.2) is 4.98 Å². The maximum atomic E-state index is 12.8. The van der Waals surface area contributed by atoms with Gasteiger partial charge in [0.15, 0.2) is 0 Å². The van der Waals surface area contributed by atoms with Crippen molar-refractivity contribution in [2.45, 2.75) is 27.2 Å². The molecule has 1 saturated heterocycles. The number of piperazine rings is 1. The van der Waals surface area contributed by atoms with E-state index in [1.54, 1.807) is 12.3 Å². The highest BCUT2D eigenvalue weighted by Gasteiger charge is 2.21. The number of carbonyl (C=O) groups excluding carboxylic acids is 1. The zero-order chi connectivity index (χ0) is 18.5. The fourth-order valence-electron chi connectivity index (χ4n) is 3.41. The third-order valence-electron chi connectivity index (χ3n) is 5.11. The van der Waals surface area contributed by atoms with Crippen molar-refractivity contribution >= 4 is 17.4 Å². The van der Waals surface area contributed by atoms with Crippen LogP contribution in [0.5, 0.6) is 0 Å². The third kappa shape index (κ3) is 4.05. The van der Waals surface area contributed by atoms with Gasteiger partial charge in [-0.15, -0.1) is 0 Å². The molecule has 138 valence electrons. The second kappa shape index (κ2) is 8.32. The summed E-state index contributed by atoms with van der Waals surface area (Å²) in [4.78, 5) is 21.6. The predicted octanol–water partition coefficient (Wildman–Crippen LogP) is 3.47. The molecule has 0 bridgehead atoms. The van der Waals surface area contributed by atoms with Crippen LogP contribution in [0.2, 0.25) is 0 Å². The number of rotatable bonds is 5. The monoisotopic (exact) mass is 352 g/mol. The van der Waals surface area contributed by atoms with Gasteiger partial charge < -0.3 is 15.1 Å². The summed E-state index contributed by atoms with van der Waals surface area (Å²) in [7, 11) is 0. The van der Waals surface area contributed by atoms with Gasteiger partial charge in [0.1, 0.15) is 5.82 Å². The molecule has 0 aliphatic carbocycles. The number of benzene rings is 1. The SMILES string of the molecule is CCc1cccc(C)c1Nc1cc(C(=O)N2CCN(CC)CC2)ccn1. The van der Waals surface area contributed by atoms with Gasteiger partial charge in [-0.2, -0.15) is 0 Å². The second-order valence-corrected chi connectivity index (χ2v) is 6.74. The Labute approximate surface area is 156 Å². The third-order valence-corrected chi connectivity index (χ3v) is 5.11. The number of likely N-dealkylation sites (N-methyl/N-ethyl adjacent to an activating group) is 1. The number of amides is 1. The lowest BCUT2D eigenvalue weighted by Crippen LogP contribution is -2.48. The fourth-order valence-corrected chi connectivity index (χ4v) is 3.41. The number of nitrogens with zero attached hydrogens (tertiary/aromatic N) is 3. The van der Waals surface area contributed by atoms with Crippen LogP contribution in [0.15, 0.2) is 36.5 Å². The molecule has 1 aromatic carbocycles. The van der Waals surface area contributed by atoms with Crippen LogP contribution >= 0.6 is 0 Å². The number of para-hydroxylation sites is 1. The van der Waals surface area contributed by atoms with Crippen molar-refractivity contribution < 1.29 is 4.79 Å². The topological polar surface area (TPSA) is 48.5 Å². The summed E-state index contributed by atoms with van der Waals surface area (Å²) in [6.07, 6.45) is 2.66. The van der Waals surface area contributed by atoms with Crippen molar-refractivity contribution in [3.05, 3.63) is 53.2 Å². The lowest BCUT2D eigenvalue weighted by Gasteiger charge is -2.34. The first-order valence-electron chi connectivity index (χ1n) is 9.45. The van der Waals surface area contributed by atoms with E-state index in [9.17, 15) is 4.79 Å². The van der Waals surface area contributed by atoms with E-state index in [-0.39, 0.29) is 5.91 Å². The Hall–Kier alpha value is -2.40. The molecule has 0 spiro atoms. The Morgan fingerprint density at radius 3 is 2.62 bits per heavy atom. The van der Waals surface area contributed by atoms with Gasteiger partial charge in [-0.1, -0.05) is 32.0 Å². The number of hydrogen-bond donors (Lipinski definition) is 1. The van der Waals surface area contributed by atoms with Gasteiger partial charge in [-0.3, -0.25) is 4.79 Å².